The Morgan fingerprint density at radius 3 is 2.32 bits per heavy atom. The largest absolute Gasteiger partial charge is 0.493 e. The Hall–Kier alpha value is -3.49. The van der Waals surface area contributed by atoms with Crippen LogP contribution in [0.1, 0.15) is 50.0 Å². The number of pyridine rings is 1. The molecule has 0 fully saturated rings. The number of fused-ring (bicyclic) bond motifs is 1. The summed E-state index contributed by atoms with van der Waals surface area (Å²) in [6.45, 7) is 8.75. The number of carbonyl (C=O) groups excluding carboxylic acids is 1. The first kappa shape index (κ1) is 28.1. The lowest BCUT2D eigenvalue weighted by Crippen LogP contribution is -2.32. The highest BCUT2D eigenvalue weighted by atomic mass is 19.4. The zero-order chi connectivity index (χ0) is 27.2. The molecule has 0 aliphatic rings. The van der Waals surface area contributed by atoms with Crippen molar-refractivity contribution in [3.63, 3.8) is 0 Å². The lowest BCUT2D eigenvalue weighted by molar-refractivity contribution is -0.138. The van der Waals surface area contributed by atoms with Crippen molar-refractivity contribution in [1.82, 2.24) is 9.88 Å². The van der Waals surface area contributed by atoms with Gasteiger partial charge in [0.05, 0.1) is 29.9 Å². The zero-order valence-electron chi connectivity index (χ0n) is 21.5. The number of hydrogen-bond donors (Lipinski definition) is 1. The van der Waals surface area contributed by atoms with Gasteiger partial charge in [-0.05, 0) is 36.5 Å². The van der Waals surface area contributed by atoms with Crippen LogP contribution in [0.15, 0.2) is 53.3 Å². The van der Waals surface area contributed by atoms with Gasteiger partial charge in [0, 0.05) is 18.5 Å². The summed E-state index contributed by atoms with van der Waals surface area (Å²) in [5.41, 5.74) is -0.426. The van der Waals surface area contributed by atoms with E-state index in [0.29, 0.717) is 17.4 Å². The van der Waals surface area contributed by atoms with Gasteiger partial charge >= 0.3 is 6.18 Å². The predicted molar refractivity (Wildman–Crippen MR) is 137 cm³/mol. The molecule has 6 nitrogen and oxygen atoms in total. The van der Waals surface area contributed by atoms with Crippen molar-refractivity contribution < 1.29 is 27.4 Å². The molecule has 1 heterocycles. The zero-order valence-corrected chi connectivity index (χ0v) is 21.5. The highest BCUT2D eigenvalue weighted by Crippen LogP contribution is 2.35. The van der Waals surface area contributed by atoms with Gasteiger partial charge < -0.3 is 19.4 Å². The molecule has 0 aliphatic carbocycles. The molecule has 3 aromatic rings. The summed E-state index contributed by atoms with van der Waals surface area (Å²) in [5, 5.41) is 3.36. The summed E-state index contributed by atoms with van der Waals surface area (Å²) in [5.74, 6) is -0.413. The van der Waals surface area contributed by atoms with Crippen molar-refractivity contribution in [2.24, 2.45) is 11.8 Å². The van der Waals surface area contributed by atoms with Crippen LogP contribution < -0.4 is 20.3 Å². The van der Waals surface area contributed by atoms with Crippen LogP contribution in [0, 0.1) is 11.8 Å². The van der Waals surface area contributed by atoms with Gasteiger partial charge in [0.2, 0.25) is 0 Å². The van der Waals surface area contributed by atoms with E-state index in [1.165, 1.54) is 18.2 Å². The fraction of sp³-hybridized carbons (Fsp3) is 0.429. The van der Waals surface area contributed by atoms with E-state index in [9.17, 15) is 22.8 Å². The van der Waals surface area contributed by atoms with Gasteiger partial charge in [-0.3, -0.25) is 9.59 Å². The summed E-state index contributed by atoms with van der Waals surface area (Å²) >= 11 is 0. The maximum Gasteiger partial charge on any atom is 0.419 e. The van der Waals surface area contributed by atoms with Gasteiger partial charge in [0.25, 0.3) is 11.5 Å². The minimum atomic E-state index is -4.52. The fourth-order valence-electron chi connectivity index (χ4n) is 3.91. The van der Waals surface area contributed by atoms with Crippen molar-refractivity contribution in [3.8, 4) is 11.5 Å². The smallest absolute Gasteiger partial charge is 0.419 e. The minimum Gasteiger partial charge on any atom is -0.493 e. The molecule has 0 unspecified atom stereocenters. The molecule has 0 saturated heterocycles. The molecule has 0 bridgehead atoms. The van der Waals surface area contributed by atoms with E-state index in [1.807, 2.05) is 33.8 Å². The molecule has 1 N–H and O–H groups in total. The van der Waals surface area contributed by atoms with Crippen LogP contribution in [0.3, 0.4) is 0 Å². The van der Waals surface area contributed by atoms with Crippen LogP contribution in [0.5, 0.6) is 11.5 Å². The third kappa shape index (κ3) is 7.05. The second-order valence-electron chi connectivity index (χ2n) is 9.69. The number of nitrogens with one attached hydrogen (secondary N) is 1. The van der Waals surface area contributed by atoms with Crippen LogP contribution in [0.25, 0.3) is 10.9 Å². The van der Waals surface area contributed by atoms with Gasteiger partial charge in [-0.2, -0.15) is 13.2 Å². The molecule has 1 aromatic heterocycles. The molecule has 0 atom stereocenters. The van der Waals surface area contributed by atoms with Crippen LogP contribution in [-0.4, -0.2) is 30.2 Å². The van der Waals surface area contributed by atoms with Crippen LogP contribution >= 0.6 is 0 Å². The standard InChI is InChI=1S/C28H33F3N2O4/c1-18(2)16-33-22-12-7-5-10-20(22)24(25(27(33)35)37-17-19(3)4)26(34)32-14-9-15-36-23-13-8-6-11-21(23)28(29,30)31/h5-8,10-13,18-19H,9,14-17H2,1-4H3,(H,32,34). The van der Waals surface area contributed by atoms with E-state index in [1.54, 1.807) is 22.8 Å². The average Bonchev–Trinajstić information content (AvgIpc) is 2.83. The SMILES string of the molecule is CC(C)COc1c(C(=O)NCCCOc2ccccc2C(F)(F)F)c2ccccc2n(CC(C)C)c1=O. The van der Waals surface area contributed by atoms with E-state index in [0.717, 1.165) is 6.07 Å². The van der Waals surface area contributed by atoms with Crippen LogP contribution in [-0.2, 0) is 12.7 Å². The number of rotatable bonds is 11. The first-order valence-electron chi connectivity index (χ1n) is 12.4. The molecule has 200 valence electrons. The number of para-hydroxylation sites is 2. The average molecular weight is 519 g/mol. The molecule has 0 saturated carbocycles. The second kappa shape index (κ2) is 12.2. The molecular formula is C28H33F3N2O4. The van der Waals surface area contributed by atoms with E-state index < -0.39 is 17.6 Å². The van der Waals surface area contributed by atoms with E-state index in [-0.39, 0.29) is 60.6 Å². The first-order chi connectivity index (χ1) is 17.5. The van der Waals surface area contributed by atoms with Gasteiger partial charge in [-0.1, -0.05) is 58.0 Å². The quantitative estimate of drug-likeness (QED) is 0.321. The minimum absolute atomic E-state index is 0.000838. The molecule has 9 heteroatoms. The Morgan fingerprint density at radius 2 is 1.65 bits per heavy atom. The highest BCUT2D eigenvalue weighted by Gasteiger charge is 2.34. The van der Waals surface area contributed by atoms with Crippen molar-refractivity contribution >= 4 is 16.8 Å². The highest BCUT2D eigenvalue weighted by molar-refractivity contribution is 6.08. The molecule has 1 amide bonds. The number of benzene rings is 2. The Bertz CT molecular complexity index is 1280. The maximum atomic E-state index is 13.4. The molecular weight excluding hydrogens is 485 g/mol. The van der Waals surface area contributed by atoms with Crippen LogP contribution in [0.2, 0.25) is 0 Å². The summed E-state index contributed by atoms with van der Waals surface area (Å²) in [4.78, 5) is 26.7. The summed E-state index contributed by atoms with van der Waals surface area (Å²) in [6, 6.07) is 12.2. The molecule has 37 heavy (non-hydrogen) atoms. The Balaban J connectivity index is 1.81. The number of halogens is 3. The number of amides is 1. The maximum absolute atomic E-state index is 13.4. The second-order valence-corrected chi connectivity index (χ2v) is 9.69. The Labute approximate surface area is 214 Å². The van der Waals surface area contributed by atoms with E-state index in [4.69, 9.17) is 9.47 Å². The van der Waals surface area contributed by atoms with E-state index in [2.05, 4.69) is 5.32 Å². The first-order valence-corrected chi connectivity index (χ1v) is 12.4. The van der Waals surface area contributed by atoms with Crippen molar-refractivity contribution in [1.29, 1.82) is 0 Å². The lowest BCUT2D eigenvalue weighted by Gasteiger charge is -2.20. The summed E-state index contributed by atoms with van der Waals surface area (Å²) in [7, 11) is 0. The summed E-state index contributed by atoms with van der Waals surface area (Å²) < 4.78 is 52.3. The Morgan fingerprint density at radius 1 is 0.973 bits per heavy atom. The van der Waals surface area contributed by atoms with Gasteiger partial charge in [-0.15, -0.1) is 0 Å². The number of aromatic nitrogens is 1. The number of carbonyl (C=O) groups is 1. The predicted octanol–water partition coefficient (Wildman–Crippen LogP) is 5.91. The van der Waals surface area contributed by atoms with Gasteiger partial charge in [0.15, 0.2) is 5.75 Å². The monoisotopic (exact) mass is 518 g/mol. The number of nitrogens with zero attached hydrogens (tertiary/aromatic N) is 1. The third-order valence-electron chi connectivity index (χ3n) is 5.52. The topological polar surface area (TPSA) is 69.6 Å². The molecule has 0 spiro atoms. The Kier molecular flexibility index (Phi) is 9.23. The van der Waals surface area contributed by atoms with Crippen molar-refractivity contribution in [3.05, 3.63) is 70.0 Å². The van der Waals surface area contributed by atoms with Crippen molar-refractivity contribution in [2.45, 2.75) is 46.8 Å². The number of hydrogen-bond acceptors (Lipinski definition) is 4. The lowest BCUT2D eigenvalue weighted by atomic mass is 10.1. The molecule has 0 radical (unpaired) electrons. The summed E-state index contributed by atoms with van der Waals surface area (Å²) in [6.07, 6.45) is -4.25. The van der Waals surface area contributed by atoms with Crippen molar-refractivity contribution in [2.75, 3.05) is 19.8 Å². The number of ether oxygens (including phenoxy) is 2. The molecule has 3 rings (SSSR count). The van der Waals surface area contributed by atoms with Gasteiger partial charge in [-0.25, -0.2) is 0 Å². The van der Waals surface area contributed by atoms with E-state index >= 15 is 0 Å². The molecule has 0 aliphatic heterocycles. The normalized spacial score (nSPS) is 11.8. The van der Waals surface area contributed by atoms with Gasteiger partial charge in [0.1, 0.15) is 5.75 Å². The fourth-order valence-corrected chi connectivity index (χ4v) is 3.91. The third-order valence-corrected chi connectivity index (χ3v) is 5.52. The van der Waals surface area contributed by atoms with Crippen LogP contribution in [0.4, 0.5) is 13.2 Å². The molecule has 2 aromatic carbocycles. The number of alkyl halides is 3.